The molecule has 2 aromatic heterocycles. The van der Waals surface area contributed by atoms with Crippen LogP contribution in [0.15, 0.2) is 54.1 Å². The van der Waals surface area contributed by atoms with Crippen molar-refractivity contribution in [1.82, 2.24) is 9.38 Å². The van der Waals surface area contributed by atoms with Crippen LogP contribution in [0.2, 0.25) is 5.02 Å². The lowest BCUT2D eigenvalue weighted by Gasteiger charge is -2.02. The summed E-state index contributed by atoms with van der Waals surface area (Å²) in [5.41, 5.74) is 1.92. The van der Waals surface area contributed by atoms with Crippen LogP contribution in [-0.4, -0.2) is 26.9 Å². The molecule has 0 amide bonds. The van der Waals surface area contributed by atoms with Crippen LogP contribution in [0.3, 0.4) is 0 Å². The Morgan fingerprint density at radius 2 is 2.06 bits per heavy atom. The number of carbonyl (C=O) groups is 1. The molecule has 10 heteroatoms. The average Bonchev–Trinajstić information content (AvgIpc) is 3.47. The number of fused-ring (bicyclic) bond motifs is 2. The van der Waals surface area contributed by atoms with Crippen LogP contribution >= 0.6 is 22.9 Å². The molecule has 0 radical (unpaired) electrons. The Morgan fingerprint density at radius 1 is 1.23 bits per heavy atom. The van der Waals surface area contributed by atoms with Crippen molar-refractivity contribution in [3.63, 3.8) is 0 Å². The van der Waals surface area contributed by atoms with Gasteiger partial charge >= 0.3 is 0 Å². The van der Waals surface area contributed by atoms with Crippen molar-refractivity contribution in [2.45, 2.75) is 0 Å². The molecule has 1 aliphatic heterocycles. The number of benzene rings is 2. The van der Waals surface area contributed by atoms with Gasteiger partial charge in [-0.05, 0) is 36.4 Å². The Morgan fingerprint density at radius 3 is 2.90 bits per heavy atom. The van der Waals surface area contributed by atoms with Gasteiger partial charge in [-0.15, -0.1) is 11.3 Å². The molecule has 0 unspecified atom stereocenters. The summed E-state index contributed by atoms with van der Waals surface area (Å²) >= 11 is 7.36. The van der Waals surface area contributed by atoms with Crippen molar-refractivity contribution in [2.75, 3.05) is 6.79 Å². The molecule has 0 atom stereocenters. The van der Waals surface area contributed by atoms with E-state index in [2.05, 4.69) is 4.98 Å². The number of thiazole rings is 1. The molecule has 154 valence electrons. The van der Waals surface area contributed by atoms with Crippen molar-refractivity contribution in [3.05, 3.63) is 80.4 Å². The summed E-state index contributed by atoms with van der Waals surface area (Å²) in [4.78, 5) is 28.8. The van der Waals surface area contributed by atoms with E-state index in [1.807, 2.05) is 16.0 Å². The van der Waals surface area contributed by atoms with Gasteiger partial charge in [0.2, 0.25) is 6.79 Å². The van der Waals surface area contributed by atoms with E-state index in [1.165, 1.54) is 29.5 Å². The van der Waals surface area contributed by atoms with Crippen molar-refractivity contribution >= 4 is 45.4 Å². The van der Waals surface area contributed by atoms with Gasteiger partial charge in [-0.25, -0.2) is 4.98 Å². The first-order valence-electron chi connectivity index (χ1n) is 9.03. The van der Waals surface area contributed by atoms with E-state index in [1.54, 1.807) is 30.3 Å². The first-order valence-corrected chi connectivity index (χ1v) is 10.3. The first kappa shape index (κ1) is 19.3. The molecule has 0 saturated heterocycles. The van der Waals surface area contributed by atoms with Crippen LogP contribution in [0.1, 0.15) is 16.1 Å². The lowest BCUT2D eigenvalue weighted by molar-refractivity contribution is -0.384. The number of allylic oxidation sites excluding steroid dienone is 1. The third kappa shape index (κ3) is 3.43. The summed E-state index contributed by atoms with van der Waals surface area (Å²) in [6.45, 7) is 0.130. The van der Waals surface area contributed by atoms with Crippen LogP contribution in [0, 0.1) is 10.1 Å². The van der Waals surface area contributed by atoms with E-state index in [0.29, 0.717) is 39.0 Å². The van der Waals surface area contributed by atoms with Crippen LogP contribution in [-0.2, 0) is 0 Å². The number of carbonyl (C=O) groups excluding carboxylic acids is 1. The van der Waals surface area contributed by atoms with Gasteiger partial charge in [0.05, 0.1) is 16.3 Å². The maximum atomic E-state index is 12.7. The highest BCUT2D eigenvalue weighted by molar-refractivity contribution is 7.15. The van der Waals surface area contributed by atoms with Gasteiger partial charge in [-0.1, -0.05) is 17.7 Å². The summed E-state index contributed by atoms with van der Waals surface area (Å²) in [6, 6.07) is 9.51. The van der Waals surface area contributed by atoms with Gasteiger partial charge in [0.15, 0.2) is 22.2 Å². The summed E-state index contributed by atoms with van der Waals surface area (Å²) < 4.78 is 12.4. The molecule has 0 N–H and O–H groups in total. The molecule has 4 aromatic rings. The fourth-order valence-corrected chi connectivity index (χ4v) is 4.18. The quantitative estimate of drug-likeness (QED) is 0.177. The molecule has 31 heavy (non-hydrogen) atoms. The summed E-state index contributed by atoms with van der Waals surface area (Å²) in [6.07, 6.45) is 4.91. The molecular weight excluding hydrogens is 442 g/mol. The number of ether oxygens (including phenoxy) is 2. The average molecular weight is 454 g/mol. The van der Waals surface area contributed by atoms with Crippen molar-refractivity contribution in [1.29, 1.82) is 0 Å². The lowest BCUT2D eigenvalue weighted by atomic mass is 10.1. The summed E-state index contributed by atoms with van der Waals surface area (Å²) in [7, 11) is 0. The van der Waals surface area contributed by atoms with E-state index < -0.39 is 4.92 Å². The van der Waals surface area contributed by atoms with Crippen molar-refractivity contribution in [3.8, 4) is 22.8 Å². The monoisotopic (exact) mass is 453 g/mol. The fraction of sp³-hybridized carbons (Fsp3) is 0.0476. The third-order valence-electron chi connectivity index (χ3n) is 4.76. The predicted molar refractivity (Wildman–Crippen MR) is 116 cm³/mol. The summed E-state index contributed by atoms with van der Waals surface area (Å²) in [5.74, 6) is 0.900. The topological polar surface area (TPSA) is 96.0 Å². The van der Waals surface area contributed by atoms with E-state index in [9.17, 15) is 14.9 Å². The summed E-state index contributed by atoms with van der Waals surface area (Å²) in [5, 5.41) is 13.2. The first-order chi connectivity index (χ1) is 15.0. The smallest absolute Gasteiger partial charge is 0.288 e. The number of imidazole rings is 1. The molecule has 2 aromatic carbocycles. The second kappa shape index (κ2) is 7.53. The van der Waals surface area contributed by atoms with Gasteiger partial charge in [-0.3, -0.25) is 19.3 Å². The lowest BCUT2D eigenvalue weighted by Crippen LogP contribution is -1.95. The SMILES string of the molecule is O=C(/C=C/c1c(-c2ccc(Cl)c([N+](=O)[O-])c2)nc2sccn12)c1ccc2c(c1)OCO2. The Hall–Kier alpha value is -3.69. The number of hydrogen-bond acceptors (Lipinski definition) is 7. The Bertz CT molecular complexity index is 1390. The van der Waals surface area contributed by atoms with Crippen molar-refractivity contribution < 1.29 is 19.2 Å². The van der Waals surface area contributed by atoms with Gasteiger partial charge in [0.25, 0.3) is 5.69 Å². The van der Waals surface area contributed by atoms with Gasteiger partial charge in [0, 0.05) is 28.8 Å². The fourth-order valence-electron chi connectivity index (χ4n) is 3.28. The highest BCUT2D eigenvalue weighted by Crippen LogP contribution is 2.34. The molecule has 3 heterocycles. The number of nitrogens with zero attached hydrogens (tertiary/aromatic N) is 3. The zero-order chi connectivity index (χ0) is 21.5. The number of aromatic nitrogens is 2. The second-order valence-electron chi connectivity index (χ2n) is 6.59. The molecule has 0 spiro atoms. The molecule has 0 aliphatic carbocycles. The zero-order valence-corrected chi connectivity index (χ0v) is 17.2. The van der Waals surface area contributed by atoms with Gasteiger partial charge < -0.3 is 9.47 Å². The highest BCUT2D eigenvalue weighted by atomic mass is 35.5. The van der Waals surface area contributed by atoms with E-state index >= 15 is 0 Å². The molecule has 1 aliphatic rings. The normalized spacial score (nSPS) is 12.7. The minimum absolute atomic E-state index is 0.0462. The molecule has 0 saturated carbocycles. The van der Waals surface area contributed by atoms with E-state index in [-0.39, 0.29) is 23.3 Å². The number of nitro groups is 1. The Labute approximate surface area is 184 Å². The third-order valence-corrected chi connectivity index (χ3v) is 5.84. The van der Waals surface area contributed by atoms with Crippen LogP contribution in [0.5, 0.6) is 11.5 Å². The van der Waals surface area contributed by atoms with Crippen LogP contribution in [0.25, 0.3) is 22.3 Å². The van der Waals surface area contributed by atoms with Crippen LogP contribution in [0.4, 0.5) is 5.69 Å². The van der Waals surface area contributed by atoms with Crippen LogP contribution < -0.4 is 9.47 Å². The maximum Gasteiger partial charge on any atom is 0.288 e. The zero-order valence-electron chi connectivity index (χ0n) is 15.6. The van der Waals surface area contributed by atoms with Gasteiger partial charge in [-0.2, -0.15) is 0 Å². The van der Waals surface area contributed by atoms with E-state index in [0.717, 1.165) is 0 Å². The Kier molecular flexibility index (Phi) is 4.68. The highest BCUT2D eigenvalue weighted by Gasteiger charge is 2.19. The number of nitro benzene ring substituents is 1. The minimum atomic E-state index is -0.539. The Balaban J connectivity index is 1.54. The number of halogens is 1. The number of rotatable bonds is 5. The van der Waals surface area contributed by atoms with E-state index in [4.69, 9.17) is 21.1 Å². The number of ketones is 1. The predicted octanol–water partition coefficient (Wildman–Crippen LogP) is 5.25. The second-order valence-corrected chi connectivity index (χ2v) is 7.87. The molecule has 0 bridgehead atoms. The standard InChI is InChI=1S/C21H12ClN3O5S/c22-14-3-1-13(9-16(14)25(27)28)20-15(24-7-8-31-21(24)23-20)4-5-17(26)12-2-6-18-19(10-12)30-11-29-18/h1-10H,11H2/b5-4+. The van der Waals surface area contributed by atoms with Gasteiger partial charge in [0.1, 0.15) is 5.02 Å². The largest absolute Gasteiger partial charge is 0.454 e. The molecule has 5 rings (SSSR count). The molecule has 8 nitrogen and oxygen atoms in total. The maximum absolute atomic E-state index is 12.7. The molecule has 0 fully saturated rings. The molecular formula is C21H12ClN3O5S. The van der Waals surface area contributed by atoms with Crippen molar-refractivity contribution in [2.24, 2.45) is 0 Å². The minimum Gasteiger partial charge on any atom is -0.454 e. The number of hydrogen-bond donors (Lipinski definition) is 0.